The van der Waals surface area contributed by atoms with Crippen LogP contribution in [0.3, 0.4) is 0 Å². The van der Waals surface area contributed by atoms with Crippen molar-refractivity contribution in [3.05, 3.63) is 0 Å². The maximum Gasteiger partial charge on any atom is 0.223 e. The van der Waals surface area contributed by atoms with Crippen LogP contribution in [-0.2, 0) is 9.53 Å². The van der Waals surface area contributed by atoms with E-state index in [1.54, 1.807) is 0 Å². The van der Waals surface area contributed by atoms with E-state index in [0.29, 0.717) is 24.5 Å². The predicted molar refractivity (Wildman–Crippen MR) is 135 cm³/mol. The maximum absolute atomic E-state index is 13.2. The summed E-state index contributed by atoms with van der Waals surface area (Å²) in [6, 6.07) is 0. The minimum atomic E-state index is 0.00574. The lowest BCUT2D eigenvalue weighted by molar-refractivity contribution is -0.131. The third-order valence-electron chi connectivity index (χ3n) is 8.00. The fourth-order valence-electron chi connectivity index (χ4n) is 6.14. The van der Waals surface area contributed by atoms with Crippen molar-refractivity contribution in [1.29, 1.82) is 0 Å². The molecule has 33 heavy (non-hydrogen) atoms. The molecule has 8 heteroatoms. The number of hydrogen-bond donors (Lipinski definition) is 3. The van der Waals surface area contributed by atoms with Crippen molar-refractivity contribution < 1.29 is 9.53 Å². The molecule has 0 saturated heterocycles. The summed E-state index contributed by atoms with van der Waals surface area (Å²) in [7, 11) is 0. The predicted octanol–water partition coefficient (Wildman–Crippen LogP) is 4.05. The number of guanidine groups is 1. The fourth-order valence-corrected chi connectivity index (χ4v) is 6.74. The molecular weight excluding hydrogens is 459 g/mol. The molecule has 3 fully saturated rings. The Morgan fingerprint density at radius 2 is 1.88 bits per heavy atom. The number of aliphatic imine (C=N–C) groups is 1. The largest absolute Gasteiger partial charge is 0.375 e. The summed E-state index contributed by atoms with van der Waals surface area (Å²) in [5.74, 6) is 2.65. The summed E-state index contributed by atoms with van der Waals surface area (Å²) >= 11 is 12.6. The van der Waals surface area contributed by atoms with Crippen molar-refractivity contribution in [3.63, 3.8) is 0 Å². The van der Waals surface area contributed by atoms with E-state index in [9.17, 15) is 4.79 Å². The van der Waals surface area contributed by atoms with Crippen LogP contribution in [0.5, 0.6) is 0 Å². The second-order valence-corrected chi connectivity index (χ2v) is 12.0. The van der Waals surface area contributed by atoms with Gasteiger partial charge in [0.25, 0.3) is 0 Å². The molecule has 0 spiro atoms. The van der Waals surface area contributed by atoms with Crippen molar-refractivity contribution in [2.45, 2.75) is 94.1 Å². The number of nitrogens with one attached hydrogen (secondary N) is 3. The van der Waals surface area contributed by atoms with E-state index < -0.39 is 0 Å². The van der Waals surface area contributed by atoms with Crippen LogP contribution in [0.25, 0.3) is 0 Å². The molecule has 1 aliphatic heterocycles. The van der Waals surface area contributed by atoms with E-state index in [-0.39, 0.29) is 28.7 Å². The van der Waals surface area contributed by atoms with Crippen LogP contribution >= 0.6 is 23.2 Å². The van der Waals surface area contributed by atoms with Crippen molar-refractivity contribution in [2.75, 3.05) is 26.2 Å². The van der Waals surface area contributed by atoms with Gasteiger partial charge in [0.15, 0.2) is 5.96 Å². The Kier molecular flexibility index (Phi) is 9.46. The highest BCUT2D eigenvalue weighted by atomic mass is 35.5. The summed E-state index contributed by atoms with van der Waals surface area (Å²) in [4.78, 5) is 17.7. The van der Waals surface area contributed by atoms with Gasteiger partial charge in [0.2, 0.25) is 5.91 Å². The molecule has 4 rings (SSSR count). The molecule has 6 nitrogen and oxygen atoms in total. The van der Waals surface area contributed by atoms with Crippen molar-refractivity contribution >= 4 is 35.1 Å². The lowest BCUT2D eigenvalue weighted by Crippen LogP contribution is -2.45. The van der Waals surface area contributed by atoms with Gasteiger partial charge in [-0.15, -0.1) is 23.2 Å². The number of amides is 1. The first-order chi connectivity index (χ1) is 16.0. The van der Waals surface area contributed by atoms with Crippen molar-refractivity contribution in [2.24, 2.45) is 28.7 Å². The number of nitrogens with zero attached hydrogens (tertiary/aromatic N) is 1. The van der Waals surface area contributed by atoms with Gasteiger partial charge in [-0.3, -0.25) is 9.79 Å². The van der Waals surface area contributed by atoms with Gasteiger partial charge < -0.3 is 20.7 Å². The molecule has 4 aliphatic rings. The zero-order chi connectivity index (χ0) is 23.2. The fraction of sp³-hybridized carbons (Fsp3) is 0.920. The van der Waals surface area contributed by atoms with E-state index in [1.807, 2.05) is 0 Å². The Bertz CT molecular complexity index is 679. The van der Waals surface area contributed by atoms with Gasteiger partial charge in [0.05, 0.1) is 24.1 Å². The van der Waals surface area contributed by atoms with E-state index in [1.165, 1.54) is 12.8 Å². The van der Waals surface area contributed by atoms with Crippen LogP contribution in [0.2, 0.25) is 0 Å². The lowest BCUT2D eigenvalue weighted by Gasteiger charge is -2.38. The smallest absolute Gasteiger partial charge is 0.223 e. The molecule has 0 aromatic heterocycles. The summed E-state index contributed by atoms with van der Waals surface area (Å²) in [6.07, 6.45) is 11.0. The van der Waals surface area contributed by atoms with Crippen molar-refractivity contribution in [3.8, 4) is 0 Å². The zero-order valence-corrected chi connectivity index (χ0v) is 21.5. The first kappa shape index (κ1) is 25.4. The zero-order valence-electron chi connectivity index (χ0n) is 20.0. The minimum Gasteiger partial charge on any atom is -0.375 e. The van der Waals surface area contributed by atoms with Gasteiger partial charge in [-0.25, -0.2) is 0 Å². The molecule has 3 aliphatic carbocycles. The van der Waals surface area contributed by atoms with Gasteiger partial charge in [-0.1, -0.05) is 19.8 Å². The van der Waals surface area contributed by atoms with Gasteiger partial charge in [0, 0.05) is 30.9 Å². The first-order valence-electron chi connectivity index (χ1n) is 13.2. The molecule has 188 valence electrons. The molecule has 3 saturated carbocycles. The van der Waals surface area contributed by atoms with Gasteiger partial charge in [-0.05, 0) is 69.1 Å². The van der Waals surface area contributed by atoms with E-state index >= 15 is 0 Å². The lowest BCUT2D eigenvalue weighted by atomic mass is 9.78. The number of carbonyl (C=O) groups is 1. The van der Waals surface area contributed by atoms with Crippen molar-refractivity contribution in [1.82, 2.24) is 16.0 Å². The second-order valence-electron chi connectivity index (χ2n) is 10.9. The highest BCUT2D eigenvalue weighted by Gasteiger charge is 2.36. The average molecular weight is 502 g/mol. The SMILES string of the molecule is CC1CCCC(OC2CC(CNC3=NCCN3)CC(C(=O)NCC3CCC(Cl)C(Cl)C3)C2)C1. The van der Waals surface area contributed by atoms with Gasteiger partial charge >= 0.3 is 0 Å². The summed E-state index contributed by atoms with van der Waals surface area (Å²) in [5, 5.41) is 10.1. The molecule has 8 atom stereocenters. The molecule has 1 heterocycles. The molecule has 0 aromatic rings. The molecule has 3 N–H and O–H groups in total. The van der Waals surface area contributed by atoms with E-state index in [4.69, 9.17) is 27.9 Å². The minimum absolute atomic E-state index is 0.00574. The highest BCUT2D eigenvalue weighted by Crippen LogP contribution is 2.35. The number of carbonyl (C=O) groups excluding carboxylic acids is 1. The monoisotopic (exact) mass is 500 g/mol. The number of alkyl halides is 2. The summed E-state index contributed by atoms with van der Waals surface area (Å²) < 4.78 is 6.62. The molecule has 0 aromatic carbocycles. The standard InChI is InChI=1S/C25H42Cl2N4O2/c1-16-3-2-4-20(9-16)33-21-11-18(15-31-25-28-7-8-29-25)10-19(13-21)24(32)30-14-17-5-6-22(26)23(27)12-17/h16-23H,2-15H2,1H3,(H,30,32)(H2,28,29,31). The normalized spacial score (nSPS) is 39.4. The Hall–Kier alpha value is -0.720. The van der Waals surface area contributed by atoms with Crippen LogP contribution < -0.4 is 16.0 Å². The molecule has 1 amide bonds. The Morgan fingerprint density at radius 3 is 2.64 bits per heavy atom. The topological polar surface area (TPSA) is 74.8 Å². The number of rotatable bonds is 7. The van der Waals surface area contributed by atoms with E-state index in [0.717, 1.165) is 82.9 Å². The van der Waals surface area contributed by atoms with E-state index in [2.05, 4.69) is 27.9 Å². The quantitative estimate of drug-likeness (QED) is 0.461. The Balaban J connectivity index is 1.31. The molecule has 8 unspecified atom stereocenters. The third kappa shape index (κ3) is 7.63. The number of ether oxygens (including phenoxy) is 1. The van der Waals surface area contributed by atoms with Gasteiger partial charge in [0.1, 0.15) is 0 Å². The molecular formula is C25H42Cl2N4O2. The second kappa shape index (κ2) is 12.3. The number of hydrogen-bond acceptors (Lipinski definition) is 5. The first-order valence-corrected chi connectivity index (χ1v) is 14.1. The highest BCUT2D eigenvalue weighted by molar-refractivity contribution is 6.30. The third-order valence-corrected chi connectivity index (χ3v) is 9.14. The average Bonchev–Trinajstić information content (AvgIpc) is 3.32. The number of halogens is 2. The molecule has 0 radical (unpaired) electrons. The maximum atomic E-state index is 13.2. The van der Waals surface area contributed by atoms with Crippen LogP contribution in [0.4, 0.5) is 0 Å². The summed E-state index contributed by atoms with van der Waals surface area (Å²) in [6.45, 7) is 5.61. The van der Waals surface area contributed by atoms with Crippen LogP contribution in [0.1, 0.15) is 71.1 Å². The summed E-state index contributed by atoms with van der Waals surface area (Å²) in [5.41, 5.74) is 0. The Labute approximate surface area is 209 Å². The van der Waals surface area contributed by atoms with Gasteiger partial charge in [-0.2, -0.15) is 0 Å². The van der Waals surface area contributed by atoms with Crippen LogP contribution in [0, 0.1) is 23.7 Å². The Morgan fingerprint density at radius 1 is 1.00 bits per heavy atom. The van der Waals surface area contributed by atoms with Crippen LogP contribution in [-0.4, -0.2) is 61.0 Å². The van der Waals surface area contributed by atoms with Crippen LogP contribution in [0.15, 0.2) is 4.99 Å². The molecule has 0 bridgehead atoms.